The molecule has 1 aromatic carbocycles. The monoisotopic (exact) mass is 337 g/mol. The smallest absolute Gasteiger partial charge is 0.256 e. The van der Waals surface area contributed by atoms with Crippen LogP contribution in [0.15, 0.2) is 42.6 Å². The maximum atomic E-state index is 13.0. The molecular weight excluding hydrogens is 318 g/mol. The van der Waals surface area contributed by atoms with Crippen molar-refractivity contribution in [3.8, 4) is 0 Å². The van der Waals surface area contributed by atoms with Crippen molar-refractivity contribution in [2.24, 2.45) is 0 Å². The number of rotatable bonds is 2. The predicted molar refractivity (Wildman–Crippen MR) is 96.2 cm³/mol. The van der Waals surface area contributed by atoms with Crippen molar-refractivity contribution in [1.82, 2.24) is 14.9 Å². The first kappa shape index (κ1) is 15.3. The number of para-hydroxylation sites is 1. The summed E-state index contributed by atoms with van der Waals surface area (Å²) in [5.41, 5.74) is 2.61. The van der Waals surface area contributed by atoms with Crippen LogP contribution in [0.25, 0.3) is 10.2 Å². The number of benzene rings is 1. The highest BCUT2D eigenvalue weighted by molar-refractivity contribution is 7.18. The minimum Gasteiger partial charge on any atom is -0.329 e. The van der Waals surface area contributed by atoms with Gasteiger partial charge in [0, 0.05) is 18.4 Å². The highest BCUT2D eigenvalue weighted by Crippen LogP contribution is 2.36. The van der Waals surface area contributed by atoms with Crippen LogP contribution in [-0.4, -0.2) is 27.3 Å². The van der Waals surface area contributed by atoms with Crippen molar-refractivity contribution in [2.75, 3.05) is 6.54 Å². The summed E-state index contributed by atoms with van der Waals surface area (Å²) in [4.78, 5) is 24.0. The normalized spacial score (nSPS) is 18.0. The topological polar surface area (TPSA) is 46.1 Å². The maximum Gasteiger partial charge on any atom is 0.256 e. The van der Waals surface area contributed by atoms with E-state index < -0.39 is 0 Å². The summed E-state index contributed by atoms with van der Waals surface area (Å²) in [5.74, 6) is 0.0615. The van der Waals surface area contributed by atoms with Gasteiger partial charge in [0.2, 0.25) is 0 Å². The molecule has 2 aromatic heterocycles. The highest BCUT2D eigenvalue weighted by Gasteiger charge is 2.31. The number of carbonyl (C=O) groups excluding carboxylic acids is 1. The van der Waals surface area contributed by atoms with Crippen LogP contribution in [0, 0.1) is 6.92 Å². The Labute approximate surface area is 145 Å². The van der Waals surface area contributed by atoms with Crippen molar-refractivity contribution in [3.63, 3.8) is 0 Å². The minimum atomic E-state index is 0.0615. The number of hydrogen-bond donors (Lipinski definition) is 0. The fourth-order valence-corrected chi connectivity index (χ4v) is 4.34. The van der Waals surface area contributed by atoms with Crippen LogP contribution in [0.4, 0.5) is 0 Å². The zero-order valence-corrected chi connectivity index (χ0v) is 14.4. The Morgan fingerprint density at radius 2 is 2.08 bits per heavy atom. The number of amides is 1. The summed E-state index contributed by atoms with van der Waals surface area (Å²) in [6.07, 6.45) is 4.84. The van der Waals surface area contributed by atoms with Crippen LogP contribution < -0.4 is 0 Å². The van der Waals surface area contributed by atoms with Crippen molar-refractivity contribution in [2.45, 2.75) is 32.2 Å². The standard InChI is InChI=1S/C19H19N3OS/c1-13-9-10-14(12-20-13)19(23)22-11-5-4-7-16(22)18-21-15-6-2-3-8-17(15)24-18/h2-3,6,8-10,12,16H,4-5,7,11H2,1H3. The van der Waals surface area contributed by atoms with E-state index in [2.05, 4.69) is 11.1 Å². The lowest BCUT2D eigenvalue weighted by Crippen LogP contribution is -2.38. The molecule has 4 rings (SSSR count). The molecule has 1 atom stereocenters. The number of piperidine rings is 1. The Hall–Kier alpha value is -2.27. The van der Waals surface area contributed by atoms with Gasteiger partial charge in [0.25, 0.3) is 5.91 Å². The first-order valence-corrected chi connectivity index (χ1v) is 9.13. The van der Waals surface area contributed by atoms with Gasteiger partial charge in [0.05, 0.1) is 21.8 Å². The van der Waals surface area contributed by atoms with Gasteiger partial charge in [-0.15, -0.1) is 11.3 Å². The number of aryl methyl sites for hydroxylation is 1. The van der Waals surface area contributed by atoms with Crippen LogP contribution in [0.1, 0.15) is 46.4 Å². The molecule has 0 aliphatic carbocycles. The van der Waals surface area contributed by atoms with Gasteiger partial charge in [-0.3, -0.25) is 9.78 Å². The number of fused-ring (bicyclic) bond motifs is 1. The van der Waals surface area contributed by atoms with Crippen LogP contribution in [0.2, 0.25) is 0 Å². The third-order valence-electron chi connectivity index (χ3n) is 4.52. The molecule has 0 radical (unpaired) electrons. The average molecular weight is 337 g/mol. The lowest BCUT2D eigenvalue weighted by Gasteiger charge is -2.34. The summed E-state index contributed by atoms with van der Waals surface area (Å²) in [6.45, 7) is 2.71. The van der Waals surface area contributed by atoms with E-state index in [-0.39, 0.29) is 11.9 Å². The zero-order valence-electron chi connectivity index (χ0n) is 13.6. The molecule has 1 fully saturated rings. The lowest BCUT2D eigenvalue weighted by atomic mass is 10.0. The molecule has 0 bridgehead atoms. The second-order valence-electron chi connectivity index (χ2n) is 6.22. The first-order chi connectivity index (χ1) is 11.7. The summed E-state index contributed by atoms with van der Waals surface area (Å²) in [5, 5.41) is 1.05. The van der Waals surface area contributed by atoms with Crippen LogP contribution in [0.3, 0.4) is 0 Å². The Kier molecular flexibility index (Phi) is 4.02. The molecule has 1 aliphatic rings. The molecule has 1 unspecified atom stereocenters. The van der Waals surface area contributed by atoms with Gasteiger partial charge < -0.3 is 4.90 Å². The third-order valence-corrected chi connectivity index (χ3v) is 5.66. The minimum absolute atomic E-state index is 0.0615. The summed E-state index contributed by atoms with van der Waals surface area (Å²) < 4.78 is 1.18. The van der Waals surface area contributed by atoms with Gasteiger partial charge >= 0.3 is 0 Å². The second kappa shape index (κ2) is 6.32. The number of thiazole rings is 1. The molecule has 0 saturated carbocycles. The van der Waals surface area contributed by atoms with E-state index in [1.165, 1.54) is 4.70 Å². The van der Waals surface area contributed by atoms with Gasteiger partial charge in [-0.05, 0) is 50.5 Å². The Bertz CT molecular complexity index is 839. The molecule has 0 N–H and O–H groups in total. The van der Waals surface area contributed by atoms with Crippen molar-refractivity contribution < 1.29 is 4.79 Å². The molecule has 5 heteroatoms. The quantitative estimate of drug-likeness (QED) is 0.698. The number of aromatic nitrogens is 2. The molecular formula is C19H19N3OS. The van der Waals surface area contributed by atoms with Crippen molar-refractivity contribution >= 4 is 27.5 Å². The Balaban J connectivity index is 1.67. The van der Waals surface area contributed by atoms with Gasteiger partial charge in [-0.1, -0.05) is 12.1 Å². The van der Waals surface area contributed by atoms with Crippen molar-refractivity contribution in [3.05, 3.63) is 58.9 Å². The van der Waals surface area contributed by atoms with Crippen LogP contribution in [-0.2, 0) is 0 Å². The van der Waals surface area contributed by atoms with E-state index >= 15 is 0 Å². The molecule has 4 nitrogen and oxygen atoms in total. The third kappa shape index (κ3) is 2.80. The summed E-state index contributed by atoms with van der Waals surface area (Å²) >= 11 is 1.70. The summed E-state index contributed by atoms with van der Waals surface area (Å²) in [7, 11) is 0. The Morgan fingerprint density at radius 1 is 1.21 bits per heavy atom. The van der Waals surface area contributed by atoms with E-state index in [9.17, 15) is 4.79 Å². The molecule has 1 saturated heterocycles. The SMILES string of the molecule is Cc1ccc(C(=O)N2CCCCC2c2nc3ccccc3s2)cn1. The van der Waals surface area contributed by atoms with E-state index in [1.54, 1.807) is 17.5 Å². The fraction of sp³-hybridized carbons (Fsp3) is 0.316. The number of likely N-dealkylation sites (tertiary alicyclic amines) is 1. The highest BCUT2D eigenvalue weighted by atomic mass is 32.1. The maximum absolute atomic E-state index is 13.0. The number of nitrogens with zero attached hydrogens (tertiary/aromatic N) is 3. The molecule has 3 aromatic rings. The molecule has 122 valence electrons. The molecule has 3 heterocycles. The molecule has 0 spiro atoms. The average Bonchev–Trinajstić information content (AvgIpc) is 3.06. The lowest BCUT2D eigenvalue weighted by molar-refractivity contribution is 0.0611. The number of hydrogen-bond acceptors (Lipinski definition) is 4. The van der Waals surface area contributed by atoms with Gasteiger partial charge in [-0.25, -0.2) is 4.98 Å². The molecule has 1 amide bonds. The van der Waals surface area contributed by atoms with E-state index in [1.807, 2.05) is 42.2 Å². The van der Waals surface area contributed by atoms with Gasteiger partial charge in [0.1, 0.15) is 5.01 Å². The molecule has 1 aliphatic heterocycles. The van der Waals surface area contributed by atoms with E-state index in [0.29, 0.717) is 5.56 Å². The zero-order chi connectivity index (χ0) is 16.5. The Morgan fingerprint density at radius 3 is 2.88 bits per heavy atom. The number of pyridine rings is 1. The van der Waals surface area contributed by atoms with Gasteiger partial charge in [0.15, 0.2) is 0 Å². The largest absolute Gasteiger partial charge is 0.329 e. The van der Waals surface area contributed by atoms with Crippen molar-refractivity contribution in [1.29, 1.82) is 0 Å². The van der Waals surface area contributed by atoms with Gasteiger partial charge in [-0.2, -0.15) is 0 Å². The first-order valence-electron chi connectivity index (χ1n) is 8.31. The van der Waals surface area contributed by atoms with Crippen LogP contribution >= 0.6 is 11.3 Å². The number of carbonyl (C=O) groups is 1. The fourth-order valence-electron chi connectivity index (χ4n) is 3.22. The molecule has 24 heavy (non-hydrogen) atoms. The van der Waals surface area contributed by atoms with Crippen LogP contribution in [0.5, 0.6) is 0 Å². The second-order valence-corrected chi connectivity index (χ2v) is 7.28. The predicted octanol–water partition coefficient (Wildman–Crippen LogP) is 4.37. The summed E-state index contributed by atoms with van der Waals surface area (Å²) in [6, 6.07) is 12.0. The van der Waals surface area contributed by atoms with E-state index in [0.717, 1.165) is 42.0 Å². The van der Waals surface area contributed by atoms with E-state index in [4.69, 9.17) is 4.98 Å².